The molecule has 0 radical (unpaired) electrons. The van der Waals surface area contributed by atoms with Gasteiger partial charge in [0.2, 0.25) is 0 Å². The standard InChI is InChI=1S/C68H45NO/c1-3-16-46(17-4-1)54-43-55(47-18-5-2-6-19-47)45-56(44-54)61-26-12-11-24-59(61)51-34-38-58(39-35-51)69(57-36-32-49(33-37-57)53-31-30-48-20-7-8-22-52(48)42-53)65-41-40-63(62-28-15-23-50-21-9-10-25-60(50)62)68-67(65)64-27-13-14-29-66(64)70-68/h1-45H. The van der Waals surface area contributed by atoms with Crippen LogP contribution in [-0.2, 0) is 0 Å². The number of rotatable bonds is 9. The highest BCUT2D eigenvalue weighted by molar-refractivity contribution is 6.18. The minimum atomic E-state index is 0.858. The first-order valence-corrected chi connectivity index (χ1v) is 24.0. The van der Waals surface area contributed by atoms with E-state index in [9.17, 15) is 0 Å². The molecule has 328 valence electrons. The highest BCUT2D eigenvalue weighted by Crippen LogP contribution is 2.48. The number of para-hydroxylation sites is 1. The van der Waals surface area contributed by atoms with Gasteiger partial charge in [-0.25, -0.2) is 0 Å². The molecule has 13 aromatic rings. The average Bonchev–Trinajstić information content (AvgIpc) is 3.84. The lowest BCUT2D eigenvalue weighted by Gasteiger charge is -2.27. The maximum Gasteiger partial charge on any atom is 0.145 e. The van der Waals surface area contributed by atoms with Crippen molar-refractivity contribution in [2.45, 2.75) is 0 Å². The summed E-state index contributed by atoms with van der Waals surface area (Å²) in [7, 11) is 0. The van der Waals surface area contributed by atoms with Gasteiger partial charge in [-0.15, -0.1) is 0 Å². The SMILES string of the molecule is c1ccc(-c2cc(-c3ccccc3)cc(-c3ccccc3-c3ccc(N(c4ccc(-c5ccc6ccccc6c5)cc4)c4ccc(-c5cccc6ccccc56)c5oc6ccccc6c45)cc3)c2)cc1. The van der Waals surface area contributed by atoms with Crippen LogP contribution >= 0.6 is 0 Å². The van der Waals surface area contributed by atoms with Crippen molar-refractivity contribution in [2.75, 3.05) is 4.90 Å². The van der Waals surface area contributed by atoms with E-state index in [1.165, 1.54) is 71.6 Å². The van der Waals surface area contributed by atoms with E-state index in [1.807, 2.05) is 0 Å². The first-order valence-electron chi connectivity index (χ1n) is 24.0. The van der Waals surface area contributed by atoms with E-state index in [0.717, 1.165) is 55.7 Å². The summed E-state index contributed by atoms with van der Waals surface area (Å²) < 4.78 is 6.94. The Labute approximate surface area is 407 Å². The number of furan rings is 1. The number of fused-ring (bicyclic) bond motifs is 5. The highest BCUT2D eigenvalue weighted by Gasteiger charge is 2.23. The fraction of sp³-hybridized carbons (Fsp3) is 0. The Hall–Kier alpha value is -9.24. The fourth-order valence-corrected chi connectivity index (χ4v) is 10.4. The molecule has 70 heavy (non-hydrogen) atoms. The van der Waals surface area contributed by atoms with Crippen molar-refractivity contribution in [3.63, 3.8) is 0 Å². The normalized spacial score (nSPS) is 11.4. The molecule has 0 aliphatic heterocycles. The molecule has 12 aromatic carbocycles. The second-order valence-corrected chi connectivity index (χ2v) is 18.0. The number of anilines is 3. The largest absolute Gasteiger partial charge is 0.455 e. The number of hydrogen-bond donors (Lipinski definition) is 0. The van der Waals surface area contributed by atoms with E-state index in [0.29, 0.717) is 0 Å². The third kappa shape index (κ3) is 7.40. The van der Waals surface area contributed by atoms with Gasteiger partial charge in [0.05, 0.1) is 11.1 Å². The number of hydrogen-bond acceptors (Lipinski definition) is 2. The molecule has 1 heterocycles. The molecule has 0 fully saturated rings. The Morgan fingerprint density at radius 3 is 1.46 bits per heavy atom. The van der Waals surface area contributed by atoms with Crippen molar-refractivity contribution >= 4 is 60.5 Å². The summed E-state index contributed by atoms with van der Waals surface area (Å²) >= 11 is 0. The van der Waals surface area contributed by atoms with Crippen molar-refractivity contribution in [3.8, 4) is 66.8 Å². The molecule has 0 saturated heterocycles. The lowest BCUT2D eigenvalue weighted by Crippen LogP contribution is -2.10. The molecule has 0 bridgehead atoms. The molecule has 1 aromatic heterocycles. The van der Waals surface area contributed by atoms with Crippen LogP contribution in [0.3, 0.4) is 0 Å². The van der Waals surface area contributed by atoms with E-state index in [1.54, 1.807) is 0 Å². The molecule has 0 amide bonds. The number of benzene rings is 12. The molecule has 0 saturated carbocycles. The highest BCUT2D eigenvalue weighted by atomic mass is 16.3. The van der Waals surface area contributed by atoms with Gasteiger partial charge < -0.3 is 9.32 Å². The predicted octanol–water partition coefficient (Wildman–Crippen LogP) is 19.4. The van der Waals surface area contributed by atoms with Crippen LogP contribution in [0, 0.1) is 0 Å². The van der Waals surface area contributed by atoms with E-state index < -0.39 is 0 Å². The third-order valence-corrected chi connectivity index (χ3v) is 13.9. The van der Waals surface area contributed by atoms with Crippen LogP contribution in [0.5, 0.6) is 0 Å². The molecule has 0 aliphatic rings. The second kappa shape index (κ2) is 17.4. The van der Waals surface area contributed by atoms with Gasteiger partial charge in [0.25, 0.3) is 0 Å². The average molecular weight is 892 g/mol. The van der Waals surface area contributed by atoms with Gasteiger partial charge >= 0.3 is 0 Å². The maximum atomic E-state index is 6.94. The quantitative estimate of drug-likeness (QED) is 0.144. The summed E-state index contributed by atoms with van der Waals surface area (Å²) in [5.74, 6) is 0. The Morgan fingerprint density at radius 1 is 0.257 bits per heavy atom. The molecule has 0 atom stereocenters. The summed E-state index contributed by atoms with van der Waals surface area (Å²) in [4.78, 5) is 2.40. The zero-order chi connectivity index (χ0) is 46.4. The summed E-state index contributed by atoms with van der Waals surface area (Å²) in [5, 5.41) is 7.00. The van der Waals surface area contributed by atoms with Gasteiger partial charge in [-0.3, -0.25) is 0 Å². The number of nitrogens with zero attached hydrogens (tertiary/aromatic N) is 1. The summed E-state index contributed by atoms with van der Waals surface area (Å²) in [6.45, 7) is 0. The zero-order valence-electron chi connectivity index (χ0n) is 38.3. The third-order valence-electron chi connectivity index (χ3n) is 13.9. The maximum absolute atomic E-state index is 6.94. The van der Waals surface area contributed by atoms with Crippen LogP contribution in [-0.4, -0.2) is 0 Å². The second-order valence-electron chi connectivity index (χ2n) is 18.0. The molecule has 0 N–H and O–H groups in total. The summed E-state index contributed by atoms with van der Waals surface area (Å²) in [6, 6.07) is 98.6. The molecule has 0 unspecified atom stereocenters. The van der Waals surface area contributed by atoms with Gasteiger partial charge in [-0.05, 0) is 149 Å². The topological polar surface area (TPSA) is 16.4 Å². The lowest BCUT2D eigenvalue weighted by atomic mass is 9.89. The lowest BCUT2D eigenvalue weighted by molar-refractivity contribution is 0.670. The van der Waals surface area contributed by atoms with Gasteiger partial charge in [-0.1, -0.05) is 206 Å². The van der Waals surface area contributed by atoms with Gasteiger partial charge in [0.1, 0.15) is 11.2 Å². The molecule has 0 aliphatic carbocycles. The molecule has 2 heteroatoms. The minimum Gasteiger partial charge on any atom is -0.455 e. The Bertz CT molecular complexity index is 3980. The molecule has 0 spiro atoms. The monoisotopic (exact) mass is 891 g/mol. The molecule has 13 rings (SSSR count). The summed E-state index contributed by atoms with van der Waals surface area (Å²) in [6.07, 6.45) is 0. The van der Waals surface area contributed by atoms with E-state index >= 15 is 0 Å². The first-order chi connectivity index (χ1) is 34.7. The van der Waals surface area contributed by atoms with E-state index in [2.05, 4.69) is 278 Å². The van der Waals surface area contributed by atoms with Crippen molar-refractivity contribution in [1.29, 1.82) is 0 Å². The van der Waals surface area contributed by atoms with Crippen LogP contribution in [0.1, 0.15) is 0 Å². The van der Waals surface area contributed by atoms with Crippen LogP contribution in [0.4, 0.5) is 17.1 Å². The van der Waals surface area contributed by atoms with Crippen LogP contribution in [0.25, 0.3) is 110 Å². The Kier molecular flexibility index (Phi) is 10.2. The van der Waals surface area contributed by atoms with Crippen molar-refractivity contribution in [3.05, 3.63) is 273 Å². The van der Waals surface area contributed by atoms with Crippen molar-refractivity contribution in [2.24, 2.45) is 0 Å². The van der Waals surface area contributed by atoms with E-state index in [-0.39, 0.29) is 0 Å². The molecule has 2 nitrogen and oxygen atoms in total. The van der Waals surface area contributed by atoms with Gasteiger partial charge in [0, 0.05) is 22.3 Å². The molecular weight excluding hydrogens is 847 g/mol. The minimum absolute atomic E-state index is 0.858. The van der Waals surface area contributed by atoms with Crippen LogP contribution in [0.2, 0.25) is 0 Å². The van der Waals surface area contributed by atoms with Gasteiger partial charge in [0.15, 0.2) is 0 Å². The van der Waals surface area contributed by atoms with Crippen molar-refractivity contribution < 1.29 is 4.42 Å². The smallest absolute Gasteiger partial charge is 0.145 e. The first kappa shape index (κ1) is 41.0. The van der Waals surface area contributed by atoms with Gasteiger partial charge in [-0.2, -0.15) is 0 Å². The fourth-order valence-electron chi connectivity index (χ4n) is 10.4. The zero-order valence-corrected chi connectivity index (χ0v) is 38.3. The Balaban J connectivity index is 0.967. The van der Waals surface area contributed by atoms with Crippen molar-refractivity contribution in [1.82, 2.24) is 0 Å². The Morgan fingerprint density at radius 2 is 0.757 bits per heavy atom. The summed E-state index contributed by atoms with van der Waals surface area (Å²) in [5.41, 5.74) is 18.9. The predicted molar refractivity (Wildman–Crippen MR) is 296 cm³/mol. The molecular formula is C68H45NO. The van der Waals surface area contributed by atoms with Crippen LogP contribution in [0.15, 0.2) is 277 Å². The van der Waals surface area contributed by atoms with E-state index in [4.69, 9.17) is 4.42 Å². The van der Waals surface area contributed by atoms with Crippen LogP contribution < -0.4 is 4.90 Å².